The molecule has 0 N–H and O–H groups in total. The fourth-order valence-corrected chi connectivity index (χ4v) is 0.569. The van der Waals surface area contributed by atoms with Gasteiger partial charge < -0.3 is 9.85 Å². The second-order valence-corrected chi connectivity index (χ2v) is 3.48. The summed E-state index contributed by atoms with van der Waals surface area (Å²) in [5.74, 6) is 0.649. The molecular formula is C7H17NO. The lowest BCUT2D eigenvalue weighted by Crippen LogP contribution is -2.33. The molecule has 0 bridgehead atoms. The van der Waals surface area contributed by atoms with E-state index >= 15 is 0 Å². The van der Waals surface area contributed by atoms with Crippen LogP contribution in [-0.2, 0) is 0 Å². The van der Waals surface area contributed by atoms with Gasteiger partial charge in [0.2, 0.25) is 0 Å². The molecule has 0 aromatic rings. The summed E-state index contributed by atoms with van der Waals surface area (Å²) in [5.41, 5.74) is 0. The number of hydroxylamine groups is 3. The van der Waals surface area contributed by atoms with Crippen molar-refractivity contribution in [1.29, 1.82) is 0 Å². The van der Waals surface area contributed by atoms with E-state index in [9.17, 15) is 5.21 Å². The summed E-state index contributed by atoms with van der Waals surface area (Å²) < 4.78 is -0.155. The molecule has 0 atom stereocenters. The normalized spacial score (nSPS) is 12.7. The Kier molecular flexibility index (Phi) is 3.15. The van der Waals surface area contributed by atoms with E-state index in [2.05, 4.69) is 13.8 Å². The zero-order chi connectivity index (χ0) is 7.49. The van der Waals surface area contributed by atoms with Crippen LogP contribution in [0.1, 0.15) is 20.3 Å². The van der Waals surface area contributed by atoms with Crippen LogP contribution >= 0.6 is 0 Å². The minimum Gasteiger partial charge on any atom is -0.633 e. The molecule has 0 aliphatic heterocycles. The Bertz CT molecular complexity index is 73.5. The quantitative estimate of drug-likeness (QED) is 0.421. The van der Waals surface area contributed by atoms with Crippen molar-refractivity contribution in [2.45, 2.75) is 20.3 Å². The minimum atomic E-state index is -0.155. The first kappa shape index (κ1) is 8.92. The van der Waals surface area contributed by atoms with Crippen molar-refractivity contribution >= 4 is 0 Å². The second-order valence-electron chi connectivity index (χ2n) is 3.48. The highest BCUT2D eigenvalue weighted by molar-refractivity contribution is 4.42. The predicted octanol–water partition coefficient (Wildman–Crippen LogP) is 1.61. The van der Waals surface area contributed by atoms with Crippen LogP contribution in [0.5, 0.6) is 0 Å². The molecule has 2 heteroatoms. The van der Waals surface area contributed by atoms with Crippen LogP contribution in [0, 0.1) is 11.1 Å². The fraction of sp³-hybridized carbons (Fsp3) is 1.00. The van der Waals surface area contributed by atoms with Gasteiger partial charge in [-0.2, -0.15) is 0 Å². The van der Waals surface area contributed by atoms with Crippen molar-refractivity contribution in [3.63, 3.8) is 0 Å². The summed E-state index contributed by atoms with van der Waals surface area (Å²) in [4.78, 5) is 0. The van der Waals surface area contributed by atoms with Crippen molar-refractivity contribution in [3.8, 4) is 0 Å². The van der Waals surface area contributed by atoms with Crippen molar-refractivity contribution in [2.75, 3.05) is 20.6 Å². The van der Waals surface area contributed by atoms with E-state index in [0.717, 1.165) is 13.0 Å². The van der Waals surface area contributed by atoms with Gasteiger partial charge in [0.1, 0.15) is 0 Å². The molecule has 0 aliphatic rings. The van der Waals surface area contributed by atoms with E-state index in [1.54, 1.807) is 14.1 Å². The Morgan fingerprint density at radius 3 is 1.89 bits per heavy atom. The van der Waals surface area contributed by atoms with E-state index in [1.807, 2.05) is 0 Å². The van der Waals surface area contributed by atoms with Crippen LogP contribution in [0.3, 0.4) is 0 Å². The van der Waals surface area contributed by atoms with Crippen molar-refractivity contribution in [1.82, 2.24) is 0 Å². The largest absolute Gasteiger partial charge is 0.633 e. The Morgan fingerprint density at radius 1 is 1.33 bits per heavy atom. The Labute approximate surface area is 57.6 Å². The summed E-state index contributed by atoms with van der Waals surface area (Å²) in [6.45, 7) is 5.00. The van der Waals surface area contributed by atoms with Crippen LogP contribution in [0.4, 0.5) is 0 Å². The maximum atomic E-state index is 10.9. The monoisotopic (exact) mass is 131 g/mol. The summed E-state index contributed by atoms with van der Waals surface area (Å²) in [6.07, 6.45) is 1.02. The molecular weight excluding hydrogens is 114 g/mol. The van der Waals surface area contributed by atoms with E-state index in [4.69, 9.17) is 0 Å². The highest BCUT2D eigenvalue weighted by atomic mass is 16.5. The third-order valence-electron chi connectivity index (χ3n) is 1.24. The molecule has 9 heavy (non-hydrogen) atoms. The topological polar surface area (TPSA) is 23.1 Å². The van der Waals surface area contributed by atoms with Gasteiger partial charge in [0.15, 0.2) is 0 Å². The average molecular weight is 131 g/mol. The van der Waals surface area contributed by atoms with Crippen LogP contribution in [0.2, 0.25) is 0 Å². The van der Waals surface area contributed by atoms with Gasteiger partial charge in [0.25, 0.3) is 0 Å². The average Bonchev–Trinajstić information content (AvgIpc) is 1.59. The summed E-state index contributed by atoms with van der Waals surface area (Å²) in [7, 11) is 3.37. The zero-order valence-corrected chi connectivity index (χ0v) is 6.85. The van der Waals surface area contributed by atoms with Crippen LogP contribution in [-0.4, -0.2) is 25.3 Å². The van der Waals surface area contributed by atoms with Crippen molar-refractivity contribution < 1.29 is 4.65 Å². The van der Waals surface area contributed by atoms with Gasteiger partial charge in [-0.3, -0.25) is 0 Å². The molecule has 0 fully saturated rings. The number of nitrogens with zero attached hydrogens (tertiary/aromatic N) is 1. The lowest BCUT2D eigenvalue weighted by molar-refractivity contribution is -0.840. The third-order valence-corrected chi connectivity index (χ3v) is 1.24. The lowest BCUT2D eigenvalue weighted by Gasteiger charge is -2.34. The molecule has 0 aromatic heterocycles. The number of quaternary nitrogens is 1. The maximum absolute atomic E-state index is 10.9. The van der Waals surface area contributed by atoms with Gasteiger partial charge in [0, 0.05) is 0 Å². The molecule has 0 amide bonds. The van der Waals surface area contributed by atoms with Gasteiger partial charge in [-0.15, -0.1) is 0 Å². The molecule has 0 spiro atoms. The second kappa shape index (κ2) is 3.18. The van der Waals surface area contributed by atoms with E-state index < -0.39 is 0 Å². The standard InChI is InChI=1S/C7H17NO/c1-7(2)5-6-8(3,4)9/h7H,5-6H2,1-4H3. The highest BCUT2D eigenvalue weighted by Gasteiger charge is 2.02. The first-order chi connectivity index (χ1) is 3.92. The molecule has 0 saturated carbocycles. The van der Waals surface area contributed by atoms with Gasteiger partial charge >= 0.3 is 0 Å². The smallest absolute Gasteiger partial charge is 0.0782 e. The molecule has 2 nitrogen and oxygen atoms in total. The Balaban J connectivity index is 3.28. The number of hydrogen-bond acceptors (Lipinski definition) is 1. The van der Waals surface area contributed by atoms with Gasteiger partial charge in [0.05, 0.1) is 20.6 Å². The molecule has 0 radical (unpaired) electrons. The van der Waals surface area contributed by atoms with Crippen molar-refractivity contribution in [2.24, 2.45) is 5.92 Å². The fourth-order valence-electron chi connectivity index (χ4n) is 0.569. The zero-order valence-electron chi connectivity index (χ0n) is 6.85. The van der Waals surface area contributed by atoms with Crippen molar-refractivity contribution in [3.05, 3.63) is 5.21 Å². The third kappa shape index (κ3) is 7.92. The summed E-state index contributed by atoms with van der Waals surface area (Å²) >= 11 is 0. The van der Waals surface area contributed by atoms with E-state index in [-0.39, 0.29) is 4.65 Å². The minimum absolute atomic E-state index is 0.155. The predicted molar refractivity (Wildman–Crippen MR) is 39.8 cm³/mol. The molecule has 56 valence electrons. The van der Waals surface area contributed by atoms with Gasteiger partial charge in [-0.05, 0) is 12.3 Å². The molecule has 0 aromatic carbocycles. The summed E-state index contributed by atoms with van der Waals surface area (Å²) in [6, 6.07) is 0. The molecule has 0 rings (SSSR count). The highest BCUT2D eigenvalue weighted by Crippen LogP contribution is 2.03. The van der Waals surface area contributed by atoms with Gasteiger partial charge in [-0.1, -0.05) is 13.8 Å². The molecule has 0 saturated heterocycles. The maximum Gasteiger partial charge on any atom is 0.0782 e. The summed E-state index contributed by atoms with van der Waals surface area (Å²) in [5, 5.41) is 10.9. The molecule has 0 aliphatic carbocycles. The lowest BCUT2D eigenvalue weighted by atomic mass is 10.1. The first-order valence-corrected chi connectivity index (χ1v) is 3.46. The van der Waals surface area contributed by atoms with E-state index in [0.29, 0.717) is 5.92 Å². The Morgan fingerprint density at radius 2 is 1.78 bits per heavy atom. The molecule has 0 heterocycles. The SMILES string of the molecule is CC(C)CC[N+](C)(C)[O-]. The first-order valence-electron chi connectivity index (χ1n) is 3.46. The van der Waals surface area contributed by atoms with Crippen LogP contribution in [0.15, 0.2) is 0 Å². The van der Waals surface area contributed by atoms with Gasteiger partial charge in [-0.25, -0.2) is 0 Å². The molecule has 0 unspecified atom stereocenters. The van der Waals surface area contributed by atoms with E-state index in [1.165, 1.54) is 0 Å². The number of hydrogen-bond donors (Lipinski definition) is 0. The van der Waals surface area contributed by atoms with Crippen LogP contribution in [0.25, 0.3) is 0 Å². The number of rotatable bonds is 3. The Hall–Kier alpha value is -0.0800. The van der Waals surface area contributed by atoms with Crippen LogP contribution < -0.4 is 0 Å².